The van der Waals surface area contributed by atoms with Gasteiger partial charge >= 0.3 is 5.97 Å². The van der Waals surface area contributed by atoms with Crippen LogP contribution in [-0.2, 0) is 49.9 Å². The van der Waals surface area contributed by atoms with E-state index in [0.29, 0.717) is 6.54 Å². The highest BCUT2D eigenvalue weighted by Gasteiger charge is 2.43. The first kappa shape index (κ1) is 36.1. The second kappa shape index (κ2) is 16.5. The summed E-state index contributed by atoms with van der Waals surface area (Å²) in [5.41, 5.74) is 7.16. The van der Waals surface area contributed by atoms with Gasteiger partial charge in [-0.15, -0.1) is 0 Å². The molecule has 5 unspecified atom stereocenters. The Morgan fingerprint density at radius 3 is 2.16 bits per heavy atom. The zero-order valence-corrected chi connectivity index (χ0v) is 29.5. The lowest BCUT2D eigenvalue weighted by molar-refractivity contribution is -0.263. The Bertz CT molecular complexity index is 1780. The lowest BCUT2D eigenvalue weighted by atomic mass is 9.82. The molecule has 5 atom stereocenters. The predicted octanol–water partition coefficient (Wildman–Crippen LogP) is 5.76. The first-order valence-electron chi connectivity index (χ1n) is 17.3. The van der Waals surface area contributed by atoms with Gasteiger partial charge in [0.15, 0.2) is 23.9 Å². The fourth-order valence-corrected chi connectivity index (χ4v) is 6.95. The molecule has 2 heterocycles. The van der Waals surface area contributed by atoms with Crippen molar-refractivity contribution in [3.8, 4) is 11.5 Å². The van der Waals surface area contributed by atoms with Crippen molar-refractivity contribution in [2.75, 3.05) is 27.3 Å². The van der Waals surface area contributed by atoms with Gasteiger partial charge in [-0.25, -0.2) is 0 Å². The zero-order valence-electron chi connectivity index (χ0n) is 29.5. The first-order valence-corrected chi connectivity index (χ1v) is 17.3. The number of fused-ring (bicyclic) bond motifs is 1. The lowest BCUT2D eigenvalue weighted by Gasteiger charge is -2.45. The van der Waals surface area contributed by atoms with Crippen molar-refractivity contribution in [2.45, 2.75) is 70.5 Å². The molecule has 0 saturated carbocycles. The van der Waals surface area contributed by atoms with Crippen LogP contribution in [0.2, 0.25) is 0 Å². The van der Waals surface area contributed by atoms with E-state index in [1.54, 1.807) is 21.1 Å². The molecule has 268 valence electrons. The molecule has 51 heavy (non-hydrogen) atoms. The number of rotatable bonds is 12. The van der Waals surface area contributed by atoms with Gasteiger partial charge < -0.3 is 34.1 Å². The van der Waals surface area contributed by atoms with Crippen molar-refractivity contribution in [3.05, 3.63) is 130 Å². The molecule has 0 radical (unpaired) electrons. The number of nitrogens with zero attached hydrogens (tertiary/aromatic N) is 1. The topological polar surface area (TPSA) is 116 Å². The standard InChI is InChI=1S/C41H46N2O8/c1-26(49-27(2)45)40(46)42-22-28-10-16-32(17-11-28)41-50-37(24-43-19-18-33-20-35(47-3)36(48-4)21-34(33)23-43)38(30-8-6-5-7-9-30)39(51-41)31-14-12-29(25-44)13-15-31/h5-17,20-21,26,37-39,41,44H,18-19,22-25H2,1-4H3,(H,42,46). The van der Waals surface area contributed by atoms with Gasteiger partial charge in [0.2, 0.25) is 0 Å². The summed E-state index contributed by atoms with van der Waals surface area (Å²) in [4.78, 5) is 26.1. The molecule has 10 nitrogen and oxygen atoms in total. The van der Waals surface area contributed by atoms with Gasteiger partial charge in [-0.2, -0.15) is 0 Å². The van der Waals surface area contributed by atoms with Crippen LogP contribution >= 0.6 is 0 Å². The van der Waals surface area contributed by atoms with E-state index in [1.807, 2.05) is 66.7 Å². The number of nitrogens with one attached hydrogen (secondary N) is 1. The predicted molar refractivity (Wildman–Crippen MR) is 191 cm³/mol. The average molecular weight is 695 g/mol. The molecular weight excluding hydrogens is 648 g/mol. The monoisotopic (exact) mass is 694 g/mol. The smallest absolute Gasteiger partial charge is 0.303 e. The largest absolute Gasteiger partial charge is 0.493 e. The number of hydrogen-bond donors (Lipinski definition) is 2. The van der Waals surface area contributed by atoms with E-state index < -0.39 is 18.4 Å². The van der Waals surface area contributed by atoms with E-state index in [9.17, 15) is 14.7 Å². The fraction of sp³-hybridized carbons (Fsp3) is 0.366. The third-order valence-corrected chi connectivity index (χ3v) is 9.64. The van der Waals surface area contributed by atoms with Crippen molar-refractivity contribution in [1.82, 2.24) is 10.2 Å². The van der Waals surface area contributed by atoms with E-state index in [1.165, 1.54) is 18.1 Å². The van der Waals surface area contributed by atoms with Crippen LogP contribution in [0, 0.1) is 0 Å². The molecule has 0 spiro atoms. The van der Waals surface area contributed by atoms with Crippen LogP contribution in [0.15, 0.2) is 91.0 Å². The number of aliphatic hydroxyl groups excluding tert-OH is 1. The van der Waals surface area contributed by atoms with Crippen LogP contribution in [0.1, 0.15) is 71.1 Å². The number of benzene rings is 4. The fourth-order valence-electron chi connectivity index (χ4n) is 6.95. The third kappa shape index (κ3) is 8.60. The molecule has 1 saturated heterocycles. The Morgan fingerprint density at radius 1 is 0.863 bits per heavy atom. The van der Waals surface area contributed by atoms with Gasteiger partial charge in [0, 0.05) is 44.6 Å². The SMILES string of the molecule is COc1cc2c(cc1OC)CN(CC1OC(c3ccc(CNC(=O)C(C)OC(C)=O)cc3)OC(c3ccc(CO)cc3)C1c1ccccc1)CC2. The summed E-state index contributed by atoms with van der Waals surface area (Å²) < 4.78 is 30.0. The Kier molecular flexibility index (Phi) is 11.7. The summed E-state index contributed by atoms with van der Waals surface area (Å²) in [7, 11) is 3.32. The van der Waals surface area contributed by atoms with Gasteiger partial charge in [0.1, 0.15) is 0 Å². The van der Waals surface area contributed by atoms with Crippen LogP contribution in [0.3, 0.4) is 0 Å². The molecule has 6 rings (SSSR count). The van der Waals surface area contributed by atoms with Gasteiger partial charge in [-0.05, 0) is 58.9 Å². The van der Waals surface area contributed by atoms with Crippen molar-refractivity contribution in [3.63, 3.8) is 0 Å². The quantitative estimate of drug-likeness (QED) is 0.179. The Labute approximate surface area is 299 Å². The van der Waals surface area contributed by atoms with Crippen molar-refractivity contribution >= 4 is 11.9 Å². The van der Waals surface area contributed by atoms with Crippen LogP contribution < -0.4 is 14.8 Å². The third-order valence-electron chi connectivity index (χ3n) is 9.64. The minimum absolute atomic E-state index is 0.0369. The molecule has 2 aliphatic rings. The highest BCUT2D eigenvalue weighted by Crippen LogP contribution is 2.47. The average Bonchev–Trinajstić information content (AvgIpc) is 3.16. The minimum atomic E-state index is -0.873. The highest BCUT2D eigenvalue weighted by molar-refractivity contribution is 5.82. The molecular formula is C41H46N2O8. The second-order valence-corrected chi connectivity index (χ2v) is 13.1. The van der Waals surface area contributed by atoms with Crippen LogP contribution in [0.5, 0.6) is 11.5 Å². The molecule has 2 aliphatic heterocycles. The van der Waals surface area contributed by atoms with Crippen molar-refractivity contribution < 1.29 is 38.4 Å². The van der Waals surface area contributed by atoms with Crippen LogP contribution in [-0.4, -0.2) is 61.4 Å². The number of ether oxygens (including phenoxy) is 5. The minimum Gasteiger partial charge on any atom is -0.493 e. The summed E-state index contributed by atoms with van der Waals surface area (Å²) in [5, 5.41) is 12.6. The van der Waals surface area contributed by atoms with E-state index in [0.717, 1.165) is 58.8 Å². The highest BCUT2D eigenvalue weighted by atomic mass is 16.7. The molecule has 4 aromatic carbocycles. The number of esters is 1. The summed E-state index contributed by atoms with van der Waals surface area (Å²) in [6.45, 7) is 5.34. The number of methoxy groups -OCH3 is 2. The molecule has 4 aromatic rings. The van der Waals surface area contributed by atoms with Gasteiger partial charge in [-0.3, -0.25) is 14.5 Å². The molecule has 0 aliphatic carbocycles. The lowest BCUT2D eigenvalue weighted by Crippen LogP contribution is -2.45. The van der Waals surface area contributed by atoms with E-state index in [4.69, 9.17) is 23.7 Å². The Hall–Kier alpha value is -4.74. The normalized spacial score (nSPS) is 20.9. The second-order valence-electron chi connectivity index (χ2n) is 13.1. The Balaban J connectivity index is 1.28. The number of amides is 1. The van der Waals surface area contributed by atoms with Crippen LogP contribution in [0.25, 0.3) is 0 Å². The Morgan fingerprint density at radius 2 is 1.51 bits per heavy atom. The first-order chi connectivity index (χ1) is 24.8. The van der Waals surface area contributed by atoms with E-state index in [2.05, 4.69) is 34.5 Å². The number of hydrogen-bond acceptors (Lipinski definition) is 9. The summed E-state index contributed by atoms with van der Waals surface area (Å²) in [5.74, 6) is 0.468. The molecule has 1 amide bonds. The maximum Gasteiger partial charge on any atom is 0.303 e. The van der Waals surface area contributed by atoms with Crippen molar-refractivity contribution in [2.24, 2.45) is 0 Å². The number of carbonyl (C=O) groups is 2. The molecule has 0 bridgehead atoms. The maximum atomic E-state index is 12.4. The summed E-state index contributed by atoms with van der Waals surface area (Å²) >= 11 is 0. The van der Waals surface area contributed by atoms with Crippen LogP contribution in [0.4, 0.5) is 0 Å². The van der Waals surface area contributed by atoms with Gasteiger partial charge in [0.05, 0.1) is 33.0 Å². The van der Waals surface area contributed by atoms with E-state index >= 15 is 0 Å². The summed E-state index contributed by atoms with van der Waals surface area (Å²) in [6.07, 6.45) is -1.24. The molecule has 10 heteroatoms. The van der Waals surface area contributed by atoms with Crippen molar-refractivity contribution in [1.29, 1.82) is 0 Å². The van der Waals surface area contributed by atoms with Gasteiger partial charge in [-0.1, -0.05) is 78.9 Å². The summed E-state index contributed by atoms with van der Waals surface area (Å²) in [6, 6.07) is 30.3. The zero-order chi connectivity index (χ0) is 35.9. The molecule has 1 fully saturated rings. The maximum absolute atomic E-state index is 12.4. The van der Waals surface area contributed by atoms with E-state index in [-0.39, 0.29) is 37.2 Å². The number of aliphatic hydroxyl groups is 1. The molecule has 2 N–H and O–H groups in total. The number of carbonyl (C=O) groups excluding carboxylic acids is 2. The molecule has 0 aromatic heterocycles. The van der Waals surface area contributed by atoms with Gasteiger partial charge in [0.25, 0.3) is 5.91 Å².